The summed E-state index contributed by atoms with van der Waals surface area (Å²) < 4.78 is 6.10. The maximum Gasteiger partial charge on any atom is 0.330 e. The number of nitrogens with one attached hydrogen (secondary N) is 1. The van der Waals surface area contributed by atoms with E-state index >= 15 is 0 Å². The molecule has 0 aromatic heterocycles. The van der Waals surface area contributed by atoms with Gasteiger partial charge in [-0.05, 0) is 37.1 Å². The fourth-order valence-electron chi connectivity index (χ4n) is 3.76. The van der Waals surface area contributed by atoms with E-state index in [2.05, 4.69) is 5.32 Å². The molecule has 3 atom stereocenters. The van der Waals surface area contributed by atoms with Crippen molar-refractivity contribution in [1.29, 1.82) is 0 Å². The molecule has 2 aliphatic heterocycles. The minimum atomic E-state index is -0.963. The van der Waals surface area contributed by atoms with E-state index < -0.39 is 18.1 Å². The number of hydrogen-bond acceptors (Lipinski definition) is 3. The number of ether oxygens (including phenoxy) is 1. The maximum atomic E-state index is 11.8. The smallest absolute Gasteiger partial charge is 0.330 e. The molecule has 4 nitrogen and oxygen atoms in total. The first-order valence-corrected chi connectivity index (χ1v) is 8.39. The van der Waals surface area contributed by atoms with E-state index in [0.717, 1.165) is 28.0 Å². The van der Waals surface area contributed by atoms with Crippen LogP contribution in [0, 0.1) is 13.8 Å². The largest absolute Gasteiger partial charge is 0.486 e. The summed E-state index contributed by atoms with van der Waals surface area (Å²) in [5.41, 5.74) is 4.56. The van der Waals surface area contributed by atoms with Crippen LogP contribution in [0.5, 0.6) is 5.75 Å². The number of anilines is 1. The van der Waals surface area contributed by atoms with E-state index in [0.29, 0.717) is 15.7 Å². The highest BCUT2D eigenvalue weighted by Crippen LogP contribution is 2.53. The fourth-order valence-corrected chi connectivity index (χ4v) is 4.37. The number of hydrogen-bond donors (Lipinski definition) is 2. The SMILES string of the molecule is Cc1ccc(C)c2c1OC1C(C(=O)O)Nc3cc(Cl)cc(Cl)c3C21. The molecule has 2 N–H and O–H groups in total. The lowest BCUT2D eigenvalue weighted by molar-refractivity contribution is -0.140. The van der Waals surface area contributed by atoms with Crippen molar-refractivity contribution < 1.29 is 14.6 Å². The van der Waals surface area contributed by atoms with Crippen molar-refractivity contribution in [3.63, 3.8) is 0 Å². The Labute approximate surface area is 149 Å². The minimum Gasteiger partial charge on any atom is -0.486 e. The Bertz CT molecular complexity index is 881. The molecule has 0 spiro atoms. The van der Waals surface area contributed by atoms with Gasteiger partial charge in [-0.3, -0.25) is 0 Å². The number of carboxylic acids is 1. The van der Waals surface area contributed by atoms with Crippen LogP contribution in [0.15, 0.2) is 24.3 Å². The zero-order valence-corrected chi connectivity index (χ0v) is 14.6. The molecule has 4 rings (SSSR count). The topological polar surface area (TPSA) is 58.6 Å². The Kier molecular flexibility index (Phi) is 3.44. The average molecular weight is 364 g/mol. The molecule has 0 saturated carbocycles. The van der Waals surface area contributed by atoms with E-state index in [-0.39, 0.29) is 5.92 Å². The minimum absolute atomic E-state index is 0.234. The molecule has 0 radical (unpaired) electrons. The Hall–Kier alpha value is -1.91. The number of fused-ring (bicyclic) bond motifs is 5. The number of carbonyl (C=O) groups is 1. The highest BCUT2D eigenvalue weighted by Gasteiger charge is 2.49. The van der Waals surface area contributed by atoms with Crippen molar-refractivity contribution in [1.82, 2.24) is 0 Å². The van der Waals surface area contributed by atoms with E-state index in [9.17, 15) is 9.90 Å². The highest BCUT2D eigenvalue weighted by atomic mass is 35.5. The lowest BCUT2D eigenvalue weighted by atomic mass is 9.79. The second-order valence-corrected chi connectivity index (χ2v) is 7.16. The van der Waals surface area contributed by atoms with Crippen LogP contribution >= 0.6 is 23.2 Å². The van der Waals surface area contributed by atoms with Crippen molar-refractivity contribution in [2.75, 3.05) is 5.32 Å². The molecule has 0 fully saturated rings. The van der Waals surface area contributed by atoms with Gasteiger partial charge in [-0.1, -0.05) is 35.3 Å². The normalized spacial score (nSPS) is 23.6. The van der Waals surface area contributed by atoms with Gasteiger partial charge in [0.25, 0.3) is 0 Å². The van der Waals surface area contributed by atoms with Gasteiger partial charge in [0.15, 0.2) is 6.04 Å². The molecule has 2 aromatic carbocycles. The predicted octanol–water partition coefficient (Wildman–Crippen LogP) is 4.38. The van der Waals surface area contributed by atoms with E-state index in [4.69, 9.17) is 27.9 Å². The number of aliphatic carboxylic acids is 1. The molecule has 124 valence electrons. The summed E-state index contributed by atoms with van der Waals surface area (Å²) in [5, 5.41) is 13.7. The van der Waals surface area contributed by atoms with Crippen LogP contribution in [0.1, 0.15) is 28.2 Å². The van der Waals surface area contributed by atoms with Crippen molar-refractivity contribution in [2.45, 2.75) is 31.9 Å². The first-order valence-electron chi connectivity index (χ1n) is 7.63. The summed E-state index contributed by atoms with van der Waals surface area (Å²) >= 11 is 12.6. The van der Waals surface area contributed by atoms with Crippen LogP contribution in [0.4, 0.5) is 5.69 Å². The summed E-state index contributed by atoms with van der Waals surface area (Å²) in [4.78, 5) is 11.8. The number of carboxylic acid groups (broad SMARTS) is 1. The molecule has 0 saturated heterocycles. The summed E-state index contributed by atoms with van der Waals surface area (Å²) in [7, 11) is 0. The highest BCUT2D eigenvalue weighted by molar-refractivity contribution is 6.35. The Morgan fingerprint density at radius 2 is 1.88 bits per heavy atom. The lowest BCUT2D eigenvalue weighted by Crippen LogP contribution is -2.48. The van der Waals surface area contributed by atoms with Gasteiger partial charge in [-0.15, -0.1) is 0 Å². The number of halogens is 2. The maximum absolute atomic E-state index is 11.8. The lowest BCUT2D eigenvalue weighted by Gasteiger charge is -2.34. The van der Waals surface area contributed by atoms with Crippen molar-refractivity contribution >= 4 is 34.9 Å². The van der Waals surface area contributed by atoms with Crippen molar-refractivity contribution in [3.8, 4) is 5.75 Å². The Morgan fingerprint density at radius 3 is 2.58 bits per heavy atom. The monoisotopic (exact) mass is 363 g/mol. The number of benzene rings is 2. The van der Waals surface area contributed by atoms with Gasteiger partial charge in [-0.25, -0.2) is 4.79 Å². The van der Waals surface area contributed by atoms with Crippen LogP contribution in [-0.4, -0.2) is 23.2 Å². The van der Waals surface area contributed by atoms with Crippen LogP contribution < -0.4 is 10.1 Å². The van der Waals surface area contributed by atoms with E-state index in [1.54, 1.807) is 12.1 Å². The fraction of sp³-hybridized carbons (Fsp3) is 0.278. The first kappa shape index (κ1) is 15.6. The zero-order chi connectivity index (χ0) is 17.2. The third-order valence-electron chi connectivity index (χ3n) is 4.82. The average Bonchev–Trinajstić information content (AvgIpc) is 2.90. The summed E-state index contributed by atoms with van der Waals surface area (Å²) in [6, 6.07) is 6.55. The standard InChI is InChI=1S/C18H15Cl2NO3/c1-7-3-4-8(2)16-12(7)14-13-10(20)5-9(19)6-11(13)21-15(18(22)23)17(14)24-16/h3-6,14-15,17,21H,1-2H3,(H,22,23). The molecular weight excluding hydrogens is 349 g/mol. The predicted molar refractivity (Wildman–Crippen MR) is 93.7 cm³/mol. The third-order valence-corrected chi connectivity index (χ3v) is 5.35. The second kappa shape index (κ2) is 5.30. The third kappa shape index (κ3) is 2.10. The molecule has 6 heteroatoms. The van der Waals surface area contributed by atoms with Gasteiger partial charge in [0.2, 0.25) is 0 Å². The number of aryl methyl sites for hydroxylation is 2. The molecule has 0 aliphatic carbocycles. The Morgan fingerprint density at radius 1 is 1.17 bits per heavy atom. The van der Waals surface area contributed by atoms with E-state index in [1.165, 1.54) is 0 Å². The first-order chi connectivity index (χ1) is 11.4. The van der Waals surface area contributed by atoms with Crippen molar-refractivity contribution in [2.24, 2.45) is 0 Å². The van der Waals surface area contributed by atoms with Crippen LogP contribution in [-0.2, 0) is 4.79 Å². The molecule has 2 heterocycles. The summed E-state index contributed by atoms with van der Waals surface area (Å²) in [6.07, 6.45) is -0.552. The molecule has 0 bridgehead atoms. The molecule has 2 aromatic rings. The van der Waals surface area contributed by atoms with Gasteiger partial charge < -0.3 is 15.2 Å². The molecule has 2 aliphatic rings. The quantitative estimate of drug-likeness (QED) is 0.788. The van der Waals surface area contributed by atoms with Gasteiger partial charge in [0.1, 0.15) is 11.9 Å². The molecule has 0 amide bonds. The van der Waals surface area contributed by atoms with Gasteiger partial charge >= 0.3 is 5.97 Å². The van der Waals surface area contributed by atoms with Gasteiger partial charge in [-0.2, -0.15) is 0 Å². The van der Waals surface area contributed by atoms with Crippen LogP contribution in [0.2, 0.25) is 10.0 Å². The van der Waals surface area contributed by atoms with Gasteiger partial charge in [0, 0.05) is 26.9 Å². The molecular formula is C18H15Cl2NO3. The number of rotatable bonds is 1. The van der Waals surface area contributed by atoms with Crippen molar-refractivity contribution in [3.05, 3.63) is 56.6 Å². The zero-order valence-electron chi connectivity index (χ0n) is 13.1. The van der Waals surface area contributed by atoms with E-state index in [1.807, 2.05) is 26.0 Å². The van der Waals surface area contributed by atoms with Crippen LogP contribution in [0.25, 0.3) is 0 Å². The van der Waals surface area contributed by atoms with Crippen LogP contribution in [0.3, 0.4) is 0 Å². The summed E-state index contributed by atoms with van der Waals surface area (Å²) in [6.45, 7) is 3.97. The second-order valence-electron chi connectivity index (χ2n) is 6.31. The molecule has 3 unspecified atom stereocenters. The van der Waals surface area contributed by atoms with Gasteiger partial charge in [0.05, 0.1) is 5.92 Å². The Balaban J connectivity index is 2.01. The molecule has 24 heavy (non-hydrogen) atoms. The summed E-state index contributed by atoms with van der Waals surface area (Å²) in [5.74, 6) is -0.436.